The number of sulfonamides is 1. The number of hydrogen-bond acceptors (Lipinski definition) is 5. The van der Waals surface area contributed by atoms with Gasteiger partial charge in [-0.25, -0.2) is 12.7 Å². The summed E-state index contributed by atoms with van der Waals surface area (Å²) in [6.07, 6.45) is 3.03. The van der Waals surface area contributed by atoms with Gasteiger partial charge in [0.2, 0.25) is 0 Å². The van der Waals surface area contributed by atoms with Gasteiger partial charge in [-0.1, -0.05) is 12.1 Å². The second kappa shape index (κ2) is 6.32. The molecule has 150 valence electrons. The average molecular weight is 412 g/mol. The summed E-state index contributed by atoms with van der Waals surface area (Å²) >= 11 is 0. The Hall–Kier alpha value is -2.87. The molecule has 1 saturated carbocycles. The van der Waals surface area contributed by atoms with Crippen molar-refractivity contribution in [2.24, 2.45) is 0 Å². The molecule has 2 amide bonds. The van der Waals surface area contributed by atoms with Crippen LogP contribution in [0.15, 0.2) is 41.3 Å². The molecule has 5 rings (SSSR count). The van der Waals surface area contributed by atoms with Gasteiger partial charge in [-0.05, 0) is 55.5 Å². The summed E-state index contributed by atoms with van der Waals surface area (Å²) in [5, 5.41) is 0. The first-order chi connectivity index (χ1) is 13.9. The van der Waals surface area contributed by atoms with E-state index >= 15 is 0 Å². The molecular weight excluding hydrogens is 392 g/mol. The number of ether oxygens (including phenoxy) is 1. The van der Waals surface area contributed by atoms with E-state index in [0.717, 1.165) is 28.4 Å². The van der Waals surface area contributed by atoms with Crippen LogP contribution in [0, 0.1) is 0 Å². The van der Waals surface area contributed by atoms with E-state index in [9.17, 15) is 18.0 Å². The maximum absolute atomic E-state index is 13.3. The smallest absolute Gasteiger partial charge is 0.269 e. The predicted octanol–water partition coefficient (Wildman–Crippen LogP) is 2.60. The SMILES string of the molecule is COc1cccc2c1N(C(=O)c1ccc3c(c1)S(=O)(=O)N(C1CC1)C3=O)CCC2. The number of fused-ring (bicyclic) bond motifs is 2. The Morgan fingerprint density at radius 1 is 1.17 bits per heavy atom. The fourth-order valence-corrected chi connectivity index (χ4v) is 6.03. The highest BCUT2D eigenvalue weighted by Crippen LogP contribution is 2.41. The van der Waals surface area contributed by atoms with Crippen LogP contribution in [0.2, 0.25) is 0 Å². The van der Waals surface area contributed by atoms with Crippen molar-refractivity contribution >= 4 is 27.5 Å². The van der Waals surface area contributed by atoms with Crippen molar-refractivity contribution in [3.05, 3.63) is 53.1 Å². The molecule has 29 heavy (non-hydrogen) atoms. The number of amides is 2. The van der Waals surface area contributed by atoms with E-state index in [-0.39, 0.29) is 28.0 Å². The molecule has 0 spiro atoms. The molecule has 1 fully saturated rings. The number of nitrogens with zero attached hydrogens (tertiary/aromatic N) is 2. The van der Waals surface area contributed by atoms with Gasteiger partial charge in [-0.15, -0.1) is 0 Å². The molecule has 0 aromatic heterocycles. The van der Waals surface area contributed by atoms with Crippen molar-refractivity contribution in [1.82, 2.24) is 4.31 Å². The Morgan fingerprint density at radius 3 is 2.69 bits per heavy atom. The molecule has 3 aliphatic rings. The Bertz CT molecular complexity index is 1140. The Kier molecular flexibility index (Phi) is 3.96. The highest BCUT2D eigenvalue weighted by atomic mass is 32.2. The van der Waals surface area contributed by atoms with Gasteiger partial charge in [0.25, 0.3) is 21.8 Å². The maximum Gasteiger partial charge on any atom is 0.269 e. The third kappa shape index (κ3) is 2.66. The van der Waals surface area contributed by atoms with E-state index < -0.39 is 15.9 Å². The van der Waals surface area contributed by atoms with Gasteiger partial charge in [0, 0.05) is 18.2 Å². The van der Waals surface area contributed by atoms with Crippen LogP contribution in [-0.4, -0.2) is 44.2 Å². The summed E-state index contributed by atoms with van der Waals surface area (Å²) in [4.78, 5) is 27.5. The molecule has 0 atom stereocenters. The molecule has 1 aliphatic carbocycles. The third-order valence-corrected chi connectivity index (χ3v) is 7.60. The van der Waals surface area contributed by atoms with E-state index in [4.69, 9.17) is 4.74 Å². The van der Waals surface area contributed by atoms with Gasteiger partial charge in [0.1, 0.15) is 10.6 Å². The average Bonchev–Trinajstić information content (AvgIpc) is 3.53. The third-order valence-electron chi connectivity index (χ3n) is 5.72. The Labute approximate surface area is 168 Å². The summed E-state index contributed by atoms with van der Waals surface area (Å²) in [5.41, 5.74) is 2.14. The zero-order valence-electron chi connectivity index (χ0n) is 15.9. The minimum Gasteiger partial charge on any atom is -0.495 e. The van der Waals surface area contributed by atoms with Crippen molar-refractivity contribution in [3.63, 3.8) is 0 Å². The summed E-state index contributed by atoms with van der Waals surface area (Å²) in [6, 6.07) is 9.76. The van der Waals surface area contributed by atoms with Gasteiger partial charge in [-0.3, -0.25) is 9.59 Å². The van der Waals surface area contributed by atoms with Gasteiger partial charge >= 0.3 is 0 Å². The quantitative estimate of drug-likeness (QED) is 0.774. The van der Waals surface area contributed by atoms with Crippen molar-refractivity contribution < 1.29 is 22.7 Å². The number of para-hydroxylation sites is 1. The number of hydrogen-bond donors (Lipinski definition) is 0. The van der Waals surface area contributed by atoms with Crippen LogP contribution in [0.1, 0.15) is 45.5 Å². The molecule has 8 heteroatoms. The summed E-state index contributed by atoms with van der Waals surface area (Å²) in [6.45, 7) is 0.517. The number of carbonyl (C=O) groups is 2. The number of methoxy groups -OCH3 is 1. The van der Waals surface area contributed by atoms with E-state index in [1.807, 2.05) is 18.2 Å². The maximum atomic E-state index is 13.3. The number of anilines is 1. The lowest BCUT2D eigenvalue weighted by atomic mass is 9.99. The highest BCUT2D eigenvalue weighted by molar-refractivity contribution is 7.90. The van der Waals surface area contributed by atoms with Crippen LogP contribution in [-0.2, 0) is 16.4 Å². The molecule has 0 radical (unpaired) electrons. The van der Waals surface area contributed by atoms with Gasteiger partial charge in [-0.2, -0.15) is 0 Å². The lowest BCUT2D eigenvalue weighted by molar-refractivity contribution is 0.0864. The molecule has 0 unspecified atom stereocenters. The molecule has 2 heterocycles. The minimum atomic E-state index is -3.90. The second-order valence-corrected chi connectivity index (χ2v) is 9.36. The van der Waals surface area contributed by atoms with Crippen LogP contribution >= 0.6 is 0 Å². The van der Waals surface area contributed by atoms with Crippen molar-refractivity contribution in [2.45, 2.75) is 36.6 Å². The van der Waals surface area contributed by atoms with E-state index in [2.05, 4.69) is 0 Å². The first-order valence-corrected chi connectivity index (χ1v) is 11.1. The van der Waals surface area contributed by atoms with Gasteiger partial charge in [0.15, 0.2) is 0 Å². The van der Waals surface area contributed by atoms with Crippen LogP contribution in [0.3, 0.4) is 0 Å². The van der Waals surface area contributed by atoms with Crippen molar-refractivity contribution in [3.8, 4) is 5.75 Å². The monoisotopic (exact) mass is 412 g/mol. The minimum absolute atomic E-state index is 0.0718. The van der Waals surface area contributed by atoms with Crippen molar-refractivity contribution in [1.29, 1.82) is 0 Å². The standard InChI is InChI=1S/C21H20N2O5S/c1-28-17-6-2-4-13-5-3-11-22(19(13)17)20(24)14-7-10-16-18(12-14)29(26,27)23(21(16)25)15-8-9-15/h2,4,6-7,10,12,15H,3,5,8-9,11H2,1H3. The largest absolute Gasteiger partial charge is 0.495 e. The van der Waals surface area contributed by atoms with Gasteiger partial charge < -0.3 is 9.64 Å². The molecule has 2 aromatic carbocycles. The summed E-state index contributed by atoms with van der Waals surface area (Å²) in [5.74, 6) is -0.184. The molecule has 0 saturated heterocycles. The van der Waals surface area contributed by atoms with Crippen LogP contribution in [0.25, 0.3) is 0 Å². The normalized spacial score (nSPS) is 19.7. The Morgan fingerprint density at radius 2 is 1.97 bits per heavy atom. The van der Waals surface area contributed by atoms with Gasteiger partial charge in [0.05, 0.1) is 18.4 Å². The number of benzene rings is 2. The number of carbonyl (C=O) groups excluding carboxylic acids is 2. The summed E-state index contributed by atoms with van der Waals surface area (Å²) < 4.78 is 32.2. The molecule has 2 aromatic rings. The van der Waals surface area contributed by atoms with E-state index in [1.165, 1.54) is 18.2 Å². The first kappa shape index (κ1) is 18.2. The topological polar surface area (TPSA) is 84.0 Å². The highest BCUT2D eigenvalue weighted by Gasteiger charge is 2.49. The molecule has 7 nitrogen and oxygen atoms in total. The molecule has 2 aliphatic heterocycles. The first-order valence-electron chi connectivity index (χ1n) is 9.64. The fourth-order valence-electron chi connectivity index (χ4n) is 4.19. The zero-order valence-corrected chi connectivity index (χ0v) is 16.7. The van der Waals surface area contributed by atoms with E-state index in [0.29, 0.717) is 25.1 Å². The second-order valence-electron chi connectivity index (χ2n) is 7.58. The van der Waals surface area contributed by atoms with Crippen LogP contribution < -0.4 is 9.64 Å². The van der Waals surface area contributed by atoms with Crippen molar-refractivity contribution in [2.75, 3.05) is 18.6 Å². The molecule has 0 N–H and O–H groups in total. The number of aryl methyl sites for hydroxylation is 1. The number of rotatable bonds is 3. The predicted molar refractivity (Wildman–Crippen MR) is 106 cm³/mol. The lowest BCUT2D eigenvalue weighted by Crippen LogP contribution is -2.36. The molecular formula is C21H20N2O5S. The Balaban J connectivity index is 1.56. The molecule has 0 bridgehead atoms. The fraction of sp³-hybridized carbons (Fsp3) is 0.333. The van der Waals surface area contributed by atoms with Crippen LogP contribution in [0.5, 0.6) is 5.75 Å². The lowest BCUT2D eigenvalue weighted by Gasteiger charge is -2.31. The zero-order chi connectivity index (χ0) is 20.3. The van der Waals surface area contributed by atoms with Crippen LogP contribution in [0.4, 0.5) is 5.69 Å². The van der Waals surface area contributed by atoms with E-state index in [1.54, 1.807) is 12.0 Å². The summed E-state index contributed by atoms with van der Waals surface area (Å²) in [7, 11) is -2.34.